The summed E-state index contributed by atoms with van der Waals surface area (Å²) in [4.78, 5) is 3.69. The van der Waals surface area contributed by atoms with Gasteiger partial charge in [0.25, 0.3) is 0 Å². The number of likely N-dealkylation sites (N-methyl/N-ethyl adjacent to an activating group) is 1. The van der Waals surface area contributed by atoms with Crippen LogP contribution in [0.4, 0.5) is 0 Å². The highest BCUT2D eigenvalue weighted by Crippen LogP contribution is 2.33. The van der Waals surface area contributed by atoms with Crippen molar-refractivity contribution in [1.29, 1.82) is 0 Å². The summed E-state index contributed by atoms with van der Waals surface area (Å²) >= 11 is 5.28. The number of nitrogens with zero attached hydrogens (tertiary/aromatic N) is 1. The highest BCUT2D eigenvalue weighted by atomic mass is 79.9. The Morgan fingerprint density at radius 3 is 2.82 bits per heavy atom. The van der Waals surface area contributed by atoms with Crippen molar-refractivity contribution in [3.05, 3.63) is 20.8 Å². The second-order valence-electron chi connectivity index (χ2n) is 4.63. The third kappa shape index (κ3) is 3.09. The lowest BCUT2D eigenvalue weighted by Crippen LogP contribution is -2.42. The van der Waals surface area contributed by atoms with Crippen molar-refractivity contribution in [3.8, 4) is 0 Å². The first-order valence-corrected chi connectivity index (χ1v) is 7.51. The summed E-state index contributed by atoms with van der Waals surface area (Å²) in [5.41, 5.74) is 6.16. The van der Waals surface area contributed by atoms with Crippen molar-refractivity contribution in [2.24, 2.45) is 5.73 Å². The Hall–Kier alpha value is 0.0600. The smallest absolute Gasteiger partial charge is 0.0702 e. The van der Waals surface area contributed by atoms with Crippen LogP contribution in [0.15, 0.2) is 15.9 Å². The summed E-state index contributed by atoms with van der Waals surface area (Å²) < 4.78 is 6.62. The Balaban J connectivity index is 2.16. The van der Waals surface area contributed by atoms with Crippen LogP contribution in [0.1, 0.15) is 24.3 Å². The lowest BCUT2D eigenvalue weighted by molar-refractivity contribution is 0.124. The van der Waals surface area contributed by atoms with Crippen LogP contribution < -0.4 is 5.73 Å². The summed E-state index contributed by atoms with van der Waals surface area (Å²) in [5, 5.41) is 0. The maximum Gasteiger partial charge on any atom is 0.0702 e. The average molecular weight is 319 g/mol. The Morgan fingerprint density at radius 1 is 1.59 bits per heavy atom. The molecule has 0 amide bonds. The van der Waals surface area contributed by atoms with Gasteiger partial charge in [-0.1, -0.05) is 0 Å². The first kappa shape index (κ1) is 13.5. The van der Waals surface area contributed by atoms with Crippen LogP contribution in [0, 0.1) is 0 Å². The second-order valence-corrected chi connectivity index (χ2v) is 7.12. The molecule has 1 aliphatic heterocycles. The molecule has 0 bridgehead atoms. The van der Waals surface area contributed by atoms with E-state index in [1.807, 2.05) is 0 Å². The van der Waals surface area contributed by atoms with Crippen LogP contribution in [-0.2, 0) is 4.74 Å². The average Bonchev–Trinajstić information content (AvgIpc) is 2.88. The maximum atomic E-state index is 6.16. The minimum atomic E-state index is 0.117. The van der Waals surface area contributed by atoms with Crippen molar-refractivity contribution in [1.82, 2.24) is 4.90 Å². The number of thiophene rings is 1. The lowest BCUT2D eigenvalue weighted by atomic mass is 10.0. The van der Waals surface area contributed by atoms with Crippen LogP contribution in [-0.4, -0.2) is 37.2 Å². The molecule has 3 atom stereocenters. The summed E-state index contributed by atoms with van der Waals surface area (Å²) in [6, 6.07) is 5.14. The van der Waals surface area contributed by atoms with Gasteiger partial charge >= 0.3 is 0 Å². The quantitative estimate of drug-likeness (QED) is 0.927. The highest BCUT2D eigenvalue weighted by molar-refractivity contribution is 9.11. The molecule has 2 rings (SSSR count). The Labute approximate surface area is 115 Å². The number of ether oxygens (including phenoxy) is 1. The molecule has 3 unspecified atom stereocenters. The third-order valence-electron chi connectivity index (χ3n) is 3.30. The summed E-state index contributed by atoms with van der Waals surface area (Å²) in [7, 11) is 2.15. The SMILES string of the molecule is CC(N)C(c1ccc(Br)s1)N(C)C1CCOC1. The predicted molar refractivity (Wildman–Crippen MR) is 75.4 cm³/mol. The standard InChI is InChI=1S/C12H19BrN2OS/c1-8(14)12(10-3-4-11(13)17-10)15(2)9-5-6-16-7-9/h3-4,8-9,12H,5-7,14H2,1-2H3. The molecule has 2 N–H and O–H groups in total. The van der Waals surface area contributed by atoms with Gasteiger partial charge in [-0.15, -0.1) is 11.3 Å². The van der Waals surface area contributed by atoms with E-state index in [1.165, 1.54) is 4.88 Å². The fourth-order valence-electron chi connectivity index (χ4n) is 2.39. The van der Waals surface area contributed by atoms with Crippen LogP contribution in [0.3, 0.4) is 0 Å². The topological polar surface area (TPSA) is 38.5 Å². The number of rotatable bonds is 4. The normalized spacial score (nSPS) is 24.2. The van der Waals surface area contributed by atoms with Gasteiger partial charge in [0.2, 0.25) is 0 Å². The molecule has 0 saturated carbocycles. The van der Waals surface area contributed by atoms with Crippen molar-refractivity contribution >= 4 is 27.3 Å². The van der Waals surface area contributed by atoms with Gasteiger partial charge in [0.15, 0.2) is 0 Å². The highest BCUT2D eigenvalue weighted by Gasteiger charge is 2.30. The molecule has 0 spiro atoms. The molecule has 5 heteroatoms. The number of halogens is 1. The molecule has 1 fully saturated rings. The maximum absolute atomic E-state index is 6.16. The van der Waals surface area contributed by atoms with E-state index in [4.69, 9.17) is 10.5 Å². The zero-order valence-electron chi connectivity index (χ0n) is 10.2. The van der Waals surface area contributed by atoms with E-state index in [0.717, 1.165) is 23.4 Å². The molecule has 1 saturated heterocycles. The molecule has 96 valence electrons. The van der Waals surface area contributed by atoms with Crippen LogP contribution in [0.25, 0.3) is 0 Å². The van der Waals surface area contributed by atoms with E-state index in [0.29, 0.717) is 6.04 Å². The Kier molecular flexibility index (Phi) is 4.60. The summed E-state index contributed by atoms with van der Waals surface area (Å²) in [5.74, 6) is 0. The van der Waals surface area contributed by atoms with Crippen molar-refractivity contribution in [2.45, 2.75) is 31.5 Å². The fourth-order valence-corrected chi connectivity index (χ4v) is 4.08. The molecule has 1 aromatic rings. The van der Waals surface area contributed by atoms with E-state index in [-0.39, 0.29) is 12.1 Å². The van der Waals surface area contributed by atoms with Crippen molar-refractivity contribution in [3.63, 3.8) is 0 Å². The molecule has 0 aliphatic carbocycles. The van der Waals surface area contributed by atoms with Crippen molar-refractivity contribution in [2.75, 3.05) is 20.3 Å². The second kappa shape index (κ2) is 5.80. The van der Waals surface area contributed by atoms with E-state index in [9.17, 15) is 0 Å². The molecular weight excluding hydrogens is 300 g/mol. The lowest BCUT2D eigenvalue weighted by Gasteiger charge is -2.34. The van der Waals surface area contributed by atoms with Gasteiger partial charge < -0.3 is 10.5 Å². The van der Waals surface area contributed by atoms with E-state index >= 15 is 0 Å². The van der Waals surface area contributed by atoms with Crippen LogP contribution >= 0.6 is 27.3 Å². The predicted octanol–water partition coefficient (Wildman–Crippen LogP) is 2.62. The molecular formula is C12H19BrN2OS. The number of hydrogen-bond acceptors (Lipinski definition) is 4. The minimum Gasteiger partial charge on any atom is -0.380 e. The first-order chi connectivity index (χ1) is 8.09. The van der Waals surface area contributed by atoms with Crippen LogP contribution in [0.2, 0.25) is 0 Å². The van der Waals surface area contributed by atoms with Crippen molar-refractivity contribution < 1.29 is 4.74 Å². The molecule has 3 nitrogen and oxygen atoms in total. The number of hydrogen-bond donors (Lipinski definition) is 1. The van der Waals surface area contributed by atoms with Gasteiger partial charge in [0.05, 0.1) is 16.4 Å². The van der Waals surface area contributed by atoms with E-state index in [1.54, 1.807) is 11.3 Å². The molecule has 0 aromatic carbocycles. The number of nitrogens with two attached hydrogens (primary N) is 1. The minimum absolute atomic E-state index is 0.117. The van der Waals surface area contributed by atoms with Gasteiger partial charge in [0, 0.05) is 23.6 Å². The Morgan fingerprint density at radius 2 is 2.35 bits per heavy atom. The van der Waals surface area contributed by atoms with Gasteiger partial charge in [-0.2, -0.15) is 0 Å². The van der Waals surface area contributed by atoms with Gasteiger partial charge in [0.1, 0.15) is 0 Å². The van der Waals surface area contributed by atoms with Gasteiger partial charge in [-0.25, -0.2) is 0 Å². The monoisotopic (exact) mass is 318 g/mol. The van der Waals surface area contributed by atoms with Gasteiger partial charge in [-0.05, 0) is 48.5 Å². The fraction of sp³-hybridized carbons (Fsp3) is 0.667. The molecule has 17 heavy (non-hydrogen) atoms. The largest absolute Gasteiger partial charge is 0.380 e. The summed E-state index contributed by atoms with van der Waals surface area (Å²) in [6.45, 7) is 3.77. The first-order valence-electron chi connectivity index (χ1n) is 5.90. The van der Waals surface area contributed by atoms with E-state index < -0.39 is 0 Å². The molecule has 2 heterocycles. The molecule has 1 aromatic heterocycles. The van der Waals surface area contributed by atoms with E-state index in [2.05, 4.69) is 46.9 Å². The van der Waals surface area contributed by atoms with Crippen LogP contribution in [0.5, 0.6) is 0 Å². The zero-order valence-corrected chi connectivity index (χ0v) is 12.6. The third-order valence-corrected chi connectivity index (χ3v) is 5.00. The zero-order chi connectivity index (χ0) is 12.4. The Bertz CT molecular complexity index is 363. The molecule has 1 aliphatic rings. The molecule has 0 radical (unpaired) electrons. The summed E-state index contributed by atoms with van der Waals surface area (Å²) in [6.07, 6.45) is 1.10. The van der Waals surface area contributed by atoms with Gasteiger partial charge in [-0.3, -0.25) is 4.90 Å².